The number of aryl methyl sites for hydroxylation is 1. The Kier molecular flexibility index (Phi) is 3.67. The van der Waals surface area contributed by atoms with Gasteiger partial charge < -0.3 is 9.72 Å². The molecule has 0 aliphatic carbocycles. The fourth-order valence-corrected chi connectivity index (χ4v) is 2.34. The first-order valence-electron chi connectivity index (χ1n) is 6.06. The summed E-state index contributed by atoms with van der Waals surface area (Å²) in [5, 5.41) is 0. The third-order valence-corrected chi connectivity index (χ3v) is 3.44. The zero-order valence-corrected chi connectivity index (χ0v) is 13.2. The van der Waals surface area contributed by atoms with Gasteiger partial charge in [-0.05, 0) is 41.1 Å². The van der Waals surface area contributed by atoms with Crippen LogP contribution in [0.3, 0.4) is 0 Å². The maximum atomic E-state index is 12.7. The van der Waals surface area contributed by atoms with Crippen molar-refractivity contribution in [1.29, 1.82) is 0 Å². The molecule has 0 fully saturated rings. The van der Waals surface area contributed by atoms with Crippen molar-refractivity contribution in [1.82, 2.24) is 19.9 Å². The average molecular weight is 420 g/mol. The molecule has 2 heterocycles. The minimum absolute atomic E-state index is 0.256. The van der Waals surface area contributed by atoms with Gasteiger partial charge in [0.15, 0.2) is 0 Å². The standard InChI is InChI=1S/C13H8F3IN4O/c1-6-2-7(22-10-4-9(17)18-5-19-10)3-8-11(6)21-12(20-8)13(14,15)16/h2-5H,1H3,(H,20,21). The van der Waals surface area contributed by atoms with Crippen molar-refractivity contribution in [3.8, 4) is 11.6 Å². The number of halogens is 4. The van der Waals surface area contributed by atoms with Crippen LogP contribution in [0.2, 0.25) is 0 Å². The third-order valence-electron chi connectivity index (χ3n) is 2.85. The summed E-state index contributed by atoms with van der Waals surface area (Å²) >= 11 is 2.01. The molecule has 0 spiro atoms. The van der Waals surface area contributed by atoms with Crippen LogP contribution in [0.4, 0.5) is 13.2 Å². The Balaban J connectivity index is 2.01. The van der Waals surface area contributed by atoms with Crippen molar-refractivity contribution in [3.05, 3.63) is 39.6 Å². The highest BCUT2D eigenvalue weighted by Gasteiger charge is 2.35. The summed E-state index contributed by atoms with van der Waals surface area (Å²) in [5.74, 6) is -0.343. The molecule has 0 unspecified atom stereocenters. The van der Waals surface area contributed by atoms with Crippen molar-refractivity contribution < 1.29 is 17.9 Å². The highest BCUT2D eigenvalue weighted by molar-refractivity contribution is 14.1. The topological polar surface area (TPSA) is 63.7 Å². The highest BCUT2D eigenvalue weighted by Crippen LogP contribution is 2.32. The van der Waals surface area contributed by atoms with Crippen LogP contribution in [0, 0.1) is 10.6 Å². The van der Waals surface area contributed by atoms with Gasteiger partial charge in [0, 0.05) is 12.1 Å². The molecule has 1 N–H and O–H groups in total. The van der Waals surface area contributed by atoms with E-state index in [1.807, 2.05) is 22.6 Å². The normalized spacial score (nSPS) is 11.9. The van der Waals surface area contributed by atoms with Crippen LogP contribution in [0.25, 0.3) is 11.0 Å². The predicted molar refractivity (Wildman–Crippen MR) is 80.7 cm³/mol. The van der Waals surface area contributed by atoms with Gasteiger partial charge in [-0.2, -0.15) is 13.2 Å². The molecule has 0 atom stereocenters. The van der Waals surface area contributed by atoms with E-state index in [1.54, 1.807) is 19.1 Å². The lowest BCUT2D eigenvalue weighted by molar-refractivity contribution is -0.144. The number of aromatic amines is 1. The lowest BCUT2D eigenvalue weighted by Crippen LogP contribution is -2.06. The molecule has 0 aliphatic rings. The number of benzene rings is 1. The van der Waals surface area contributed by atoms with Gasteiger partial charge in [-0.15, -0.1) is 0 Å². The van der Waals surface area contributed by atoms with Crippen molar-refractivity contribution in [2.24, 2.45) is 0 Å². The zero-order chi connectivity index (χ0) is 15.9. The van der Waals surface area contributed by atoms with Crippen molar-refractivity contribution in [3.63, 3.8) is 0 Å². The van der Waals surface area contributed by atoms with Crippen molar-refractivity contribution >= 4 is 33.6 Å². The van der Waals surface area contributed by atoms with Gasteiger partial charge in [-0.25, -0.2) is 15.0 Å². The number of hydrogen-bond donors (Lipinski definition) is 1. The Morgan fingerprint density at radius 2 is 1.95 bits per heavy atom. The maximum absolute atomic E-state index is 12.7. The molecule has 1 aromatic carbocycles. The summed E-state index contributed by atoms with van der Waals surface area (Å²) < 4.78 is 44.4. The molecular formula is C13H8F3IN4O. The summed E-state index contributed by atoms with van der Waals surface area (Å²) in [6, 6.07) is 4.69. The zero-order valence-electron chi connectivity index (χ0n) is 11.1. The first-order valence-corrected chi connectivity index (χ1v) is 7.14. The van der Waals surface area contributed by atoms with Gasteiger partial charge in [-0.3, -0.25) is 0 Å². The Morgan fingerprint density at radius 1 is 1.18 bits per heavy atom. The quantitative estimate of drug-likeness (QED) is 0.502. The summed E-state index contributed by atoms with van der Waals surface area (Å²) in [5.41, 5.74) is 1.09. The monoisotopic (exact) mass is 420 g/mol. The Morgan fingerprint density at radius 3 is 2.64 bits per heavy atom. The van der Waals surface area contributed by atoms with E-state index in [0.717, 1.165) is 0 Å². The third kappa shape index (κ3) is 2.98. The predicted octanol–water partition coefficient (Wildman–Crippen LogP) is 4.08. The van der Waals surface area contributed by atoms with E-state index < -0.39 is 12.0 Å². The molecular weight excluding hydrogens is 412 g/mol. The van der Waals surface area contributed by atoms with E-state index in [0.29, 0.717) is 20.9 Å². The molecule has 0 saturated carbocycles. The van der Waals surface area contributed by atoms with Crippen LogP contribution in [0.1, 0.15) is 11.4 Å². The summed E-state index contributed by atoms with van der Waals surface area (Å²) in [6.07, 6.45) is -3.17. The van der Waals surface area contributed by atoms with Gasteiger partial charge in [0.2, 0.25) is 11.7 Å². The number of alkyl halides is 3. The number of fused-ring (bicyclic) bond motifs is 1. The first kappa shape index (κ1) is 15.0. The second kappa shape index (κ2) is 5.38. The molecule has 2 aromatic heterocycles. The molecule has 114 valence electrons. The fourth-order valence-electron chi connectivity index (χ4n) is 1.94. The van der Waals surface area contributed by atoms with Gasteiger partial charge in [0.05, 0.1) is 11.0 Å². The largest absolute Gasteiger partial charge is 0.449 e. The van der Waals surface area contributed by atoms with Gasteiger partial charge in [0.1, 0.15) is 15.8 Å². The van der Waals surface area contributed by atoms with E-state index in [2.05, 4.69) is 19.9 Å². The molecule has 0 saturated heterocycles. The van der Waals surface area contributed by atoms with Crippen molar-refractivity contribution in [2.45, 2.75) is 13.1 Å². The molecule has 3 rings (SSSR count). The highest BCUT2D eigenvalue weighted by atomic mass is 127. The van der Waals surface area contributed by atoms with E-state index in [1.165, 1.54) is 12.4 Å². The molecule has 0 bridgehead atoms. The molecule has 3 aromatic rings. The molecule has 0 aliphatic heterocycles. The molecule has 0 radical (unpaired) electrons. The smallest absolute Gasteiger partial charge is 0.439 e. The SMILES string of the molecule is Cc1cc(Oc2cc(I)ncn2)cc2[nH]c(C(F)(F)F)nc12. The number of aromatic nitrogens is 4. The van der Waals surface area contributed by atoms with E-state index in [-0.39, 0.29) is 11.0 Å². The lowest BCUT2D eigenvalue weighted by atomic mass is 10.2. The van der Waals surface area contributed by atoms with Crippen LogP contribution in [0.5, 0.6) is 11.6 Å². The number of H-pyrrole nitrogens is 1. The minimum atomic E-state index is -4.52. The number of nitrogens with zero attached hydrogens (tertiary/aromatic N) is 3. The average Bonchev–Trinajstić information content (AvgIpc) is 2.83. The summed E-state index contributed by atoms with van der Waals surface area (Å²) in [7, 11) is 0. The molecule has 5 nitrogen and oxygen atoms in total. The molecule has 9 heteroatoms. The number of ether oxygens (including phenoxy) is 1. The van der Waals surface area contributed by atoms with Gasteiger partial charge >= 0.3 is 6.18 Å². The summed E-state index contributed by atoms with van der Waals surface area (Å²) in [4.78, 5) is 13.7. The van der Waals surface area contributed by atoms with Crippen LogP contribution in [0.15, 0.2) is 24.5 Å². The van der Waals surface area contributed by atoms with Crippen molar-refractivity contribution in [2.75, 3.05) is 0 Å². The van der Waals surface area contributed by atoms with Gasteiger partial charge in [-0.1, -0.05) is 0 Å². The van der Waals surface area contributed by atoms with Crippen LogP contribution < -0.4 is 4.74 Å². The van der Waals surface area contributed by atoms with Crippen LogP contribution in [-0.4, -0.2) is 19.9 Å². The van der Waals surface area contributed by atoms with Gasteiger partial charge in [0.25, 0.3) is 0 Å². The number of nitrogens with one attached hydrogen (secondary N) is 1. The van der Waals surface area contributed by atoms with Crippen LogP contribution in [-0.2, 0) is 6.18 Å². The van der Waals surface area contributed by atoms with E-state index >= 15 is 0 Å². The molecule has 22 heavy (non-hydrogen) atoms. The maximum Gasteiger partial charge on any atom is 0.449 e. The Hall–Kier alpha value is -1.91. The minimum Gasteiger partial charge on any atom is -0.439 e. The second-order valence-electron chi connectivity index (χ2n) is 4.50. The summed E-state index contributed by atoms with van der Waals surface area (Å²) in [6.45, 7) is 1.67. The fraction of sp³-hybridized carbons (Fsp3) is 0.154. The first-order chi connectivity index (χ1) is 10.3. The van der Waals surface area contributed by atoms with E-state index in [4.69, 9.17) is 4.74 Å². The number of hydrogen-bond acceptors (Lipinski definition) is 4. The molecule has 0 amide bonds. The lowest BCUT2D eigenvalue weighted by Gasteiger charge is -2.05. The Labute approximate surface area is 136 Å². The Bertz CT molecular complexity index is 847. The second-order valence-corrected chi connectivity index (χ2v) is 5.61. The number of imidazole rings is 1. The van der Waals surface area contributed by atoms with Crippen LogP contribution >= 0.6 is 22.6 Å². The number of rotatable bonds is 2. The van der Waals surface area contributed by atoms with E-state index in [9.17, 15) is 13.2 Å².